The first-order chi connectivity index (χ1) is 15.4. The van der Waals surface area contributed by atoms with Crippen LogP contribution in [0, 0.1) is 0 Å². The van der Waals surface area contributed by atoms with Crippen molar-refractivity contribution >= 4 is 21.9 Å². The molecule has 6 aromatic rings. The van der Waals surface area contributed by atoms with Gasteiger partial charge in [-0.2, -0.15) is 0 Å². The zero-order valence-corrected chi connectivity index (χ0v) is 16.7. The molecule has 0 saturated carbocycles. The summed E-state index contributed by atoms with van der Waals surface area (Å²) < 4.78 is 6.17. The topological polar surface area (TPSA) is 38.9 Å². The summed E-state index contributed by atoms with van der Waals surface area (Å²) in [7, 11) is 0. The fourth-order valence-corrected chi connectivity index (χ4v) is 4.04. The normalized spacial score (nSPS) is 11.2. The molecular formula is C28H18N2O. The average molecular weight is 398 g/mol. The minimum atomic E-state index is 0.661. The minimum Gasteiger partial charge on any atom is -0.455 e. The van der Waals surface area contributed by atoms with E-state index in [4.69, 9.17) is 9.40 Å². The summed E-state index contributed by atoms with van der Waals surface area (Å²) in [4.78, 5) is 9.41. The van der Waals surface area contributed by atoms with E-state index in [0.29, 0.717) is 5.82 Å². The second-order valence-electron chi connectivity index (χ2n) is 7.49. The molecule has 0 atom stereocenters. The maximum Gasteiger partial charge on any atom is 0.163 e. The van der Waals surface area contributed by atoms with E-state index in [0.717, 1.165) is 38.8 Å². The van der Waals surface area contributed by atoms with Crippen LogP contribution >= 0.6 is 0 Å². The van der Waals surface area contributed by atoms with Crippen LogP contribution in [0.25, 0.3) is 55.7 Å². The fourth-order valence-electron chi connectivity index (χ4n) is 4.04. The Morgan fingerprint density at radius 2 is 1.26 bits per heavy atom. The van der Waals surface area contributed by atoms with Gasteiger partial charge in [-0.1, -0.05) is 84.9 Å². The highest BCUT2D eigenvalue weighted by Gasteiger charge is 2.14. The van der Waals surface area contributed by atoms with Gasteiger partial charge in [-0.15, -0.1) is 0 Å². The first kappa shape index (κ1) is 17.6. The van der Waals surface area contributed by atoms with E-state index in [2.05, 4.69) is 65.6 Å². The summed E-state index contributed by atoms with van der Waals surface area (Å²) in [6, 6.07) is 35.0. The lowest BCUT2D eigenvalue weighted by atomic mass is 10.0. The molecule has 0 aliphatic carbocycles. The second kappa shape index (κ2) is 7.22. The lowest BCUT2D eigenvalue weighted by molar-refractivity contribution is 0.669. The zero-order chi connectivity index (χ0) is 20.6. The quantitative estimate of drug-likeness (QED) is 0.312. The van der Waals surface area contributed by atoms with Crippen LogP contribution in [0.4, 0.5) is 0 Å². The van der Waals surface area contributed by atoms with E-state index in [1.54, 1.807) is 0 Å². The summed E-state index contributed by atoms with van der Waals surface area (Å²) in [5.41, 5.74) is 6.92. The van der Waals surface area contributed by atoms with E-state index in [1.165, 1.54) is 11.1 Å². The number of hydrogen-bond acceptors (Lipinski definition) is 3. The largest absolute Gasteiger partial charge is 0.455 e. The van der Waals surface area contributed by atoms with Gasteiger partial charge in [-0.05, 0) is 29.3 Å². The Labute approximate surface area is 179 Å². The predicted octanol–water partition coefficient (Wildman–Crippen LogP) is 7.38. The van der Waals surface area contributed by atoms with Gasteiger partial charge < -0.3 is 4.42 Å². The molecule has 0 saturated heterocycles. The first-order valence-corrected chi connectivity index (χ1v) is 10.3. The van der Waals surface area contributed by atoms with E-state index in [-0.39, 0.29) is 0 Å². The number of aromatic nitrogens is 2. The lowest BCUT2D eigenvalue weighted by Gasteiger charge is -2.06. The van der Waals surface area contributed by atoms with Crippen LogP contribution in [0.5, 0.6) is 0 Å². The molecule has 6 rings (SSSR count). The summed E-state index contributed by atoms with van der Waals surface area (Å²) in [5, 5.41) is 2.18. The van der Waals surface area contributed by atoms with Gasteiger partial charge in [0.25, 0.3) is 0 Å². The van der Waals surface area contributed by atoms with Crippen LogP contribution in [-0.4, -0.2) is 9.97 Å². The van der Waals surface area contributed by atoms with Crippen molar-refractivity contribution in [3.05, 3.63) is 109 Å². The van der Waals surface area contributed by atoms with E-state index in [1.807, 2.05) is 48.7 Å². The van der Waals surface area contributed by atoms with Gasteiger partial charge in [0.05, 0.1) is 11.3 Å². The molecule has 0 fully saturated rings. The summed E-state index contributed by atoms with van der Waals surface area (Å²) in [6.07, 6.45) is 1.81. The highest BCUT2D eigenvalue weighted by atomic mass is 16.3. The number of fused-ring (bicyclic) bond motifs is 3. The second-order valence-corrected chi connectivity index (χ2v) is 7.49. The van der Waals surface area contributed by atoms with Gasteiger partial charge in [-0.25, -0.2) is 9.97 Å². The third-order valence-electron chi connectivity index (χ3n) is 5.59. The van der Waals surface area contributed by atoms with E-state index >= 15 is 0 Å². The summed E-state index contributed by atoms with van der Waals surface area (Å²) in [6.45, 7) is 0. The molecule has 0 amide bonds. The molecule has 0 bridgehead atoms. The Balaban J connectivity index is 1.43. The first-order valence-electron chi connectivity index (χ1n) is 10.3. The molecule has 31 heavy (non-hydrogen) atoms. The molecule has 3 nitrogen and oxygen atoms in total. The number of benzene rings is 4. The van der Waals surface area contributed by atoms with E-state index in [9.17, 15) is 0 Å². The third kappa shape index (κ3) is 3.08. The standard InChI is InChI=1S/C28H18N2O/c1-2-7-19(8-3-1)20-13-15-21(16-14-20)25-17-18-29-28(30-25)24-11-6-10-23-22-9-4-5-12-26(22)31-27(23)24/h1-18H. The average Bonchev–Trinajstić information content (AvgIpc) is 3.24. The highest BCUT2D eigenvalue weighted by Crippen LogP contribution is 2.35. The number of rotatable bonds is 3. The van der Waals surface area contributed by atoms with Crippen molar-refractivity contribution in [3.63, 3.8) is 0 Å². The van der Waals surface area contributed by atoms with Crippen molar-refractivity contribution in [3.8, 4) is 33.8 Å². The van der Waals surface area contributed by atoms with Crippen molar-refractivity contribution in [1.82, 2.24) is 9.97 Å². The molecule has 0 radical (unpaired) electrons. The Hall–Kier alpha value is -4.24. The monoisotopic (exact) mass is 398 g/mol. The summed E-state index contributed by atoms with van der Waals surface area (Å²) in [5.74, 6) is 0.661. The summed E-state index contributed by atoms with van der Waals surface area (Å²) >= 11 is 0. The lowest BCUT2D eigenvalue weighted by Crippen LogP contribution is -1.92. The van der Waals surface area contributed by atoms with Crippen LogP contribution < -0.4 is 0 Å². The Morgan fingerprint density at radius 3 is 2.13 bits per heavy atom. The molecule has 0 unspecified atom stereocenters. The number of furan rings is 1. The minimum absolute atomic E-state index is 0.661. The van der Waals surface area contributed by atoms with Gasteiger partial charge in [-0.3, -0.25) is 0 Å². The molecule has 146 valence electrons. The molecule has 4 aromatic carbocycles. The van der Waals surface area contributed by atoms with E-state index < -0.39 is 0 Å². The van der Waals surface area contributed by atoms with Crippen molar-refractivity contribution in [2.24, 2.45) is 0 Å². The SMILES string of the molecule is c1ccc(-c2ccc(-c3ccnc(-c4cccc5c4oc4ccccc45)n3)cc2)cc1. The van der Waals surface area contributed by atoms with Gasteiger partial charge in [0.1, 0.15) is 11.2 Å². The van der Waals surface area contributed by atoms with Crippen LogP contribution in [0.15, 0.2) is 114 Å². The van der Waals surface area contributed by atoms with Crippen molar-refractivity contribution in [2.75, 3.05) is 0 Å². The third-order valence-corrected chi connectivity index (χ3v) is 5.59. The van der Waals surface area contributed by atoms with Crippen LogP contribution in [0.3, 0.4) is 0 Å². The fraction of sp³-hybridized carbons (Fsp3) is 0. The maximum absolute atomic E-state index is 6.17. The Morgan fingerprint density at radius 1 is 0.548 bits per heavy atom. The predicted molar refractivity (Wildman–Crippen MR) is 126 cm³/mol. The van der Waals surface area contributed by atoms with Gasteiger partial charge in [0, 0.05) is 22.5 Å². The van der Waals surface area contributed by atoms with Crippen LogP contribution in [-0.2, 0) is 0 Å². The van der Waals surface area contributed by atoms with Gasteiger partial charge in [0.2, 0.25) is 0 Å². The van der Waals surface area contributed by atoms with Crippen LogP contribution in [0.1, 0.15) is 0 Å². The molecule has 0 N–H and O–H groups in total. The van der Waals surface area contributed by atoms with Crippen molar-refractivity contribution in [2.45, 2.75) is 0 Å². The van der Waals surface area contributed by atoms with Crippen LogP contribution in [0.2, 0.25) is 0 Å². The smallest absolute Gasteiger partial charge is 0.163 e. The number of nitrogens with zero attached hydrogens (tertiary/aromatic N) is 2. The van der Waals surface area contributed by atoms with Crippen molar-refractivity contribution in [1.29, 1.82) is 0 Å². The highest BCUT2D eigenvalue weighted by molar-refractivity contribution is 6.09. The molecule has 2 aromatic heterocycles. The molecule has 2 heterocycles. The number of para-hydroxylation sites is 2. The maximum atomic E-state index is 6.17. The molecule has 3 heteroatoms. The number of hydrogen-bond donors (Lipinski definition) is 0. The van der Waals surface area contributed by atoms with Crippen molar-refractivity contribution < 1.29 is 4.42 Å². The van der Waals surface area contributed by atoms with Gasteiger partial charge >= 0.3 is 0 Å². The Kier molecular flexibility index (Phi) is 4.10. The van der Waals surface area contributed by atoms with Gasteiger partial charge in [0.15, 0.2) is 5.82 Å². The molecule has 0 spiro atoms. The Bertz CT molecular complexity index is 1520. The zero-order valence-electron chi connectivity index (χ0n) is 16.7. The molecule has 0 aliphatic heterocycles. The molecule has 0 aliphatic rings. The molecular weight excluding hydrogens is 380 g/mol.